The molecule has 1 aromatic heterocycles. The lowest BCUT2D eigenvalue weighted by Crippen LogP contribution is -2.43. The van der Waals surface area contributed by atoms with E-state index in [1.165, 1.54) is 23.8 Å². The highest BCUT2D eigenvalue weighted by Gasteiger charge is 2.17. The van der Waals surface area contributed by atoms with Crippen molar-refractivity contribution in [3.63, 3.8) is 0 Å². The van der Waals surface area contributed by atoms with Crippen LogP contribution in [-0.2, 0) is 7.05 Å². The number of benzene rings is 1. The largest absolute Gasteiger partial charge is 0.337 e. The van der Waals surface area contributed by atoms with Crippen molar-refractivity contribution in [2.24, 2.45) is 7.05 Å². The van der Waals surface area contributed by atoms with Crippen molar-refractivity contribution in [1.29, 1.82) is 0 Å². The maximum Gasteiger partial charge on any atom is 0.319 e. The first-order valence-corrected chi connectivity index (χ1v) is 8.93. The van der Waals surface area contributed by atoms with Gasteiger partial charge in [0.25, 0.3) is 5.56 Å². The monoisotopic (exact) mass is 342 g/mol. The van der Waals surface area contributed by atoms with Gasteiger partial charge in [-0.3, -0.25) is 9.69 Å². The third kappa shape index (κ3) is 4.02. The number of pyridine rings is 1. The fraction of sp³-hybridized carbons (Fsp3) is 0.474. The average molecular weight is 342 g/mol. The second-order valence-corrected chi connectivity index (χ2v) is 6.77. The molecule has 0 spiro atoms. The van der Waals surface area contributed by atoms with Crippen LogP contribution in [0, 0.1) is 0 Å². The van der Waals surface area contributed by atoms with Crippen LogP contribution < -0.4 is 16.2 Å². The Morgan fingerprint density at radius 2 is 2.00 bits per heavy atom. The summed E-state index contributed by atoms with van der Waals surface area (Å²) in [5, 5.41) is 7.15. The minimum absolute atomic E-state index is 0.0688. The SMILES string of the molecule is C[C@H]1CCCCN1CCNC(=O)Nc1cn(C)c(=O)c2ccccc12. The van der Waals surface area contributed by atoms with E-state index in [9.17, 15) is 9.59 Å². The predicted molar refractivity (Wildman–Crippen MR) is 101 cm³/mol. The van der Waals surface area contributed by atoms with E-state index in [1.54, 1.807) is 19.3 Å². The topological polar surface area (TPSA) is 66.4 Å². The molecule has 1 aromatic carbocycles. The Bertz CT molecular complexity index is 815. The molecule has 2 N–H and O–H groups in total. The van der Waals surface area contributed by atoms with Crippen LogP contribution in [-0.4, -0.2) is 41.2 Å². The van der Waals surface area contributed by atoms with Gasteiger partial charge in [-0.15, -0.1) is 0 Å². The van der Waals surface area contributed by atoms with Gasteiger partial charge >= 0.3 is 6.03 Å². The van der Waals surface area contributed by atoms with E-state index in [0.717, 1.165) is 18.5 Å². The highest BCUT2D eigenvalue weighted by atomic mass is 16.2. The van der Waals surface area contributed by atoms with Crippen molar-refractivity contribution in [2.45, 2.75) is 32.2 Å². The molecule has 1 aliphatic heterocycles. The van der Waals surface area contributed by atoms with Crippen molar-refractivity contribution < 1.29 is 4.79 Å². The number of anilines is 1. The van der Waals surface area contributed by atoms with Gasteiger partial charge in [-0.25, -0.2) is 4.79 Å². The van der Waals surface area contributed by atoms with Gasteiger partial charge in [-0.05, 0) is 32.4 Å². The lowest BCUT2D eigenvalue weighted by atomic mass is 10.0. The number of aryl methyl sites for hydroxylation is 1. The number of likely N-dealkylation sites (tertiary alicyclic amines) is 1. The fourth-order valence-corrected chi connectivity index (χ4v) is 3.49. The van der Waals surface area contributed by atoms with Gasteiger partial charge in [0.2, 0.25) is 0 Å². The molecule has 3 rings (SSSR count). The summed E-state index contributed by atoms with van der Waals surface area (Å²) in [5.41, 5.74) is 0.571. The first-order valence-electron chi connectivity index (χ1n) is 8.93. The molecular formula is C19H26N4O2. The molecule has 1 aliphatic rings. The van der Waals surface area contributed by atoms with Crippen LogP contribution in [0.5, 0.6) is 0 Å². The molecule has 1 saturated heterocycles. The zero-order valence-corrected chi connectivity index (χ0v) is 14.9. The number of carbonyl (C=O) groups excluding carboxylic acids is 1. The lowest BCUT2D eigenvalue weighted by Gasteiger charge is -2.33. The first kappa shape index (κ1) is 17.5. The number of aromatic nitrogens is 1. The molecule has 2 heterocycles. The summed E-state index contributed by atoms with van der Waals surface area (Å²) in [6.07, 6.45) is 5.43. The Balaban J connectivity index is 1.62. The number of carbonyl (C=O) groups is 1. The van der Waals surface area contributed by atoms with E-state index in [4.69, 9.17) is 0 Å². The molecule has 134 valence electrons. The maximum atomic E-state index is 12.2. The molecule has 2 aromatic rings. The van der Waals surface area contributed by atoms with E-state index < -0.39 is 0 Å². The van der Waals surface area contributed by atoms with Gasteiger partial charge in [-0.1, -0.05) is 24.6 Å². The number of hydrogen-bond donors (Lipinski definition) is 2. The molecule has 0 saturated carbocycles. The highest BCUT2D eigenvalue weighted by molar-refractivity contribution is 6.00. The normalized spacial score (nSPS) is 18.2. The quantitative estimate of drug-likeness (QED) is 0.897. The first-order chi connectivity index (χ1) is 12.1. The number of hydrogen-bond acceptors (Lipinski definition) is 3. The van der Waals surface area contributed by atoms with Crippen LogP contribution in [0.15, 0.2) is 35.3 Å². The van der Waals surface area contributed by atoms with E-state index in [1.807, 2.05) is 18.2 Å². The minimum Gasteiger partial charge on any atom is -0.337 e. The molecule has 1 fully saturated rings. The Labute approximate surface area is 147 Å². The number of nitrogens with one attached hydrogen (secondary N) is 2. The van der Waals surface area contributed by atoms with E-state index >= 15 is 0 Å². The predicted octanol–water partition coefficient (Wildman–Crippen LogP) is 2.53. The number of amides is 2. The standard InChI is InChI=1S/C19H26N4O2/c1-14-7-5-6-11-23(14)12-10-20-19(25)21-17-13-22(2)18(24)16-9-4-3-8-15(16)17/h3-4,8-9,13-14H,5-7,10-12H2,1-2H3,(H2,20,21,25)/t14-/m0/s1. The second-order valence-electron chi connectivity index (χ2n) is 6.77. The summed E-state index contributed by atoms with van der Waals surface area (Å²) in [5.74, 6) is 0. The maximum absolute atomic E-state index is 12.2. The average Bonchev–Trinajstić information content (AvgIpc) is 2.61. The number of piperidine rings is 1. The molecule has 0 radical (unpaired) electrons. The van der Waals surface area contributed by atoms with Gasteiger partial charge in [0.1, 0.15) is 0 Å². The van der Waals surface area contributed by atoms with Gasteiger partial charge < -0.3 is 15.2 Å². The molecule has 0 bridgehead atoms. The van der Waals surface area contributed by atoms with Crippen molar-refractivity contribution in [1.82, 2.24) is 14.8 Å². The van der Waals surface area contributed by atoms with Crippen molar-refractivity contribution in [2.75, 3.05) is 25.0 Å². The Kier molecular flexibility index (Phi) is 5.38. The van der Waals surface area contributed by atoms with E-state index in [2.05, 4.69) is 22.5 Å². The Morgan fingerprint density at radius 3 is 2.76 bits per heavy atom. The number of fused-ring (bicyclic) bond motifs is 1. The summed E-state index contributed by atoms with van der Waals surface area (Å²) in [6, 6.07) is 7.66. The van der Waals surface area contributed by atoms with Crippen LogP contribution >= 0.6 is 0 Å². The summed E-state index contributed by atoms with van der Waals surface area (Å²) >= 11 is 0. The van der Waals surface area contributed by atoms with Crippen LogP contribution in [0.1, 0.15) is 26.2 Å². The third-order valence-corrected chi connectivity index (χ3v) is 4.96. The minimum atomic E-state index is -0.242. The molecule has 6 heteroatoms. The lowest BCUT2D eigenvalue weighted by molar-refractivity contribution is 0.162. The van der Waals surface area contributed by atoms with Crippen molar-refractivity contribution in [3.05, 3.63) is 40.8 Å². The molecule has 0 aliphatic carbocycles. The number of nitrogens with zero attached hydrogens (tertiary/aromatic N) is 2. The van der Waals surface area contributed by atoms with Gasteiger partial charge in [0.15, 0.2) is 0 Å². The van der Waals surface area contributed by atoms with Gasteiger partial charge in [0, 0.05) is 43.1 Å². The molecule has 1 atom stereocenters. The highest BCUT2D eigenvalue weighted by Crippen LogP contribution is 2.20. The van der Waals surface area contributed by atoms with E-state index in [0.29, 0.717) is 23.7 Å². The zero-order chi connectivity index (χ0) is 17.8. The van der Waals surface area contributed by atoms with Crippen LogP contribution in [0.3, 0.4) is 0 Å². The summed E-state index contributed by atoms with van der Waals surface area (Å²) in [4.78, 5) is 26.8. The third-order valence-electron chi connectivity index (χ3n) is 4.96. The number of urea groups is 1. The second kappa shape index (κ2) is 7.70. The van der Waals surface area contributed by atoms with Gasteiger partial charge in [-0.2, -0.15) is 0 Å². The molecule has 0 unspecified atom stereocenters. The zero-order valence-electron chi connectivity index (χ0n) is 14.9. The summed E-state index contributed by atoms with van der Waals surface area (Å²) in [6.45, 7) is 4.83. The number of rotatable bonds is 4. The Morgan fingerprint density at radius 1 is 1.24 bits per heavy atom. The molecule has 25 heavy (non-hydrogen) atoms. The van der Waals surface area contributed by atoms with E-state index in [-0.39, 0.29) is 11.6 Å². The fourth-order valence-electron chi connectivity index (χ4n) is 3.49. The van der Waals surface area contributed by atoms with Crippen LogP contribution in [0.4, 0.5) is 10.5 Å². The summed E-state index contributed by atoms with van der Waals surface area (Å²) < 4.78 is 1.49. The summed E-state index contributed by atoms with van der Waals surface area (Å²) in [7, 11) is 1.69. The molecule has 2 amide bonds. The Hall–Kier alpha value is -2.34. The molecule has 6 nitrogen and oxygen atoms in total. The van der Waals surface area contributed by atoms with Crippen molar-refractivity contribution in [3.8, 4) is 0 Å². The van der Waals surface area contributed by atoms with Crippen molar-refractivity contribution >= 4 is 22.5 Å². The van der Waals surface area contributed by atoms with Crippen LogP contribution in [0.25, 0.3) is 10.8 Å². The van der Waals surface area contributed by atoms with Gasteiger partial charge in [0.05, 0.1) is 5.69 Å². The van der Waals surface area contributed by atoms with Crippen LogP contribution in [0.2, 0.25) is 0 Å². The molecular weight excluding hydrogens is 316 g/mol. The smallest absolute Gasteiger partial charge is 0.319 e.